The highest BCUT2D eigenvalue weighted by Crippen LogP contribution is 2.48. The van der Waals surface area contributed by atoms with Gasteiger partial charge in [-0.3, -0.25) is 13.7 Å². The number of azo groups is 6. The molecule has 548 valence electrons. The Hall–Kier alpha value is -11.9. The second-order valence-electron chi connectivity index (χ2n) is 20.4. The van der Waals surface area contributed by atoms with E-state index in [0.29, 0.717) is 62.2 Å². The maximum absolute atomic E-state index is 12.9. The van der Waals surface area contributed by atoms with Crippen LogP contribution in [0.1, 0.15) is 20.7 Å². The van der Waals surface area contributed by atoms with Crippen LogP contribution in [-0.2, 0) is 58.5 Å². The van der Waals surface area contributed by atoms with Crippen LogP contribution in [0.5, 0.6) is 11.5 Å². The molecule has 0 aliphatic heterocycles. The van der Waals surface area contributed by atoms with Gasteiger partial charge in [0.2, 0.25) is 11.4 Å². The monoisotopic (exact) mass is 1570 g/mol. The van der Waals surface area contributed by atoms with E-state index in [1.165, 1.54) is 121 Å². The Morgan fingerprint density at radius 2 is 0.708 bits per heavy atom. The number of phenols is 2. The number of carboxylic acids is 2. The zero-order chi connectivity index (χ0) is 76.9. The number of benzene rings is 10. The molecule has 0 radical (unpaired) electrons. The minimum atomic E-state index is -5.06. The highest BCUT2D eigenvalue weighted by molar-refractivity contribution is 7.95. The molecule has 0 fully saturated rings. The number of carboxylic acid groups (broad SMARTS) is 2. The molecular weight excluding hydrogens is 1530 g/mol. The first kappa shape index (κ1) is 78.2. The SMILES string of the molecule is Nc1c(SOOO)cc(SOOO)c(N)c1N=Nc1ccc([N+]([O-])=Nc2ccc(N=Nc3c(N)c(S(=O)(=O)O)cc(S(=O)(=O)O)c3N)cc2)cc1.O=C(O)c1cc2cccc(SOOO)c2c(N=Nc2ccc(N=[N+]([O-])c3ccc(N=Nc4c(O)c(C(=O)O)cc5cccc(S(=O)(=O)O)c45)cc3)cc2)c1O. The van der Waals surface area contributed by atoms with Crippen LogP contribution in [0.4, 0.5) is 91.0 Å². The van der Waals surface area contributed by atoms with E-state index in [1.54, 1.807) is 18.2 Å². The molecule has 0 atom stereocenters. The number of carbonyl (C=O) groups is 2. The van der Waals surface area contributed by atoms with Gasteiger partial charge in [-0.15, -0.1) is 33.5 Å². The summed E-state index contributed by atoms with van der Waals surface area (Å²) >= 11 is 1.58. The zero-order valence-electron chi connectivity index (χ0n) is 52.1. The summed E-state index contributed by atoms with van der Waals surface area (Å²) in [6.07, 6.45) is 0. The molecule has 0 bridgehead atoms. The Morgan fingerprint density at radius 3 is 1.08 bits per heavy atom. The van der Waals surface area contributed by atoms with Crippen LogP contribution >= 0.6 is 36.1 Å². The molecule has 0 aromatic heterocycles. The Kier molecular flexibility index (Phi) is 24.9. The Morgan fingerprint density at radius 1 is 0.387 bits per heavy atom. The lowest BCUT2D eigenvalue weighted by Gasteiger charge is -2.12. The summed E-state index contributed by atoms with van der Waals surface area (Å²) in [5.74, 6) is -4.50. The van der Waals surface area contributed by atoms with Crippen molar-refractivity contribution in [3.05, 3.63) is 179 Å². The molecule has 10 aromatic rings. The summed E-state index contributed by atoms with van der Waals surface area (Å²) in [6, 6.07) is 34.5. The van der Waals surface area contributed by atoms with Gasteiger partial charge in [0.15, 0.2) is 11.5 Å². The van der Waals surface area contributed by atoms with E-state index >= 15 is 0 Å². The van der Waals surface area contributed by atoms with Gasteiger partial charge in [0.1, 0.15) is 59.9 Å². The minimum absolute atomic E-state index is 0.0212. The lowest BCUT2D eigenvalue weighted by molar-refractivity contribution is -0.435. The predicted molar refractivity (Wildman–Crippen MR) is 370 cm³/mol. The van der Waals surface area contributed by atoms with Gasteiger partial charge in [0.05, 0.1) is 91.4 Å². The van der Waals surface area contributed by atoms with Crippen LogP contribution in [0.2, 0.25) is 0 Å². The molecule has 18 N–H and O–H groups in total. The molecule has 0 heterocycles. The summed E-state index contributed by atoms with van der Waals surface area (Å²) in [4.78, 5) is 22.0. The van der Waals surface area contributed by atoms with Crippen LogP contribution in [0.3, 0.4) is 0 Å². The number of hydrogen-bond donors (Lipinski definition) is 14. The van der Waals surface area contributed by atoms with E-state index in [9.17, 15) is 79.3 Å². The standard InChI is InChI=1S/C34H22N6O13S2.C24H22N10O13S4/c41-31-23(33(43)44)15-17-3-1-5-25(54-53-52-48)27(17)29(31)37-35-19-7-9-21(10-8-19)39-40(47)22-13-11-20(12-14-22)36-38-30-28-18(16-24(32(30)42)34(45)46)4-2-6-26(28)55(49,50)51;25-19-15(48-46-44-36)9-16(49-47-45-37)20(26)23(19)31-30-12-5-7-14(8-6-12)34(35)33-13-3-1-11(2-4-13)29-32-24-21(27)17(50(38,39)40)10-18(22(24)28)51(41,42)43/h1-16,41-42,48H,(H,43,44)(H,45,46)(H,49,50,51);1-10,36-37H,25-28H2,(H,38,39,40)(H,41,42,43). The Bertz CT molecular complexity index is 5550. The number of anilines is 4. The molecule has 0 amide bonds. The van der Waals surface area contributed by atoms with Crippen molar-refractivity contribution in [2.24, 2.45) is 51.1 Å². The second-order valence-corrected chi connectivity index (χ2v) is 26.8. The van der Waals surface area contributed by atoms with E-state index in [4.69, 9.17) is 38.7 Å². The summed E-state index contributed by atoms with van der Waals surface area (Å²) in [5, 5.41) is 142. The summed E-state index contributed by atoms with van der Waals surface area (Å²) in [6.45, 7) is 0. The second kappa shape index (κ2) is 33.7. The first-order chi connectivity index (χ1) is 50.3. The van der Waals surface area contributed by atoms with Gasteiger partial charge in [0, 0.05) is 50.2 Å². The number of aromatic carboxylic acids is 2. The third-order valence-corrected chi connectivity index (χ3v) is 18.5. The normalized spacial score (nSPS) is 12.5. The van der Waals surface area contributed by atoms with Gasteiger partial charge in [-0.25, -0.2) is 25.4 Å². The molecule has 106 heavy (non-hydrogen) atoms. The van der Waals surface area contributed by atoms with Crippen LogP contribution in [0.25, 0.3) is 21.5 Å². The van der Waals surface area contributed by atoms with Gasteiger partial charge in [-0.1, -0.05) is 49.1 Å². The molecule has 10 rings (SSSR count). The fourth-order valence-corrected chi connectivity index (χ4v) is 12.7. The molecule has 0 saturated heterocycles. The summed E-state index contributed by atoms with van der Waals surface area (Å²) in [7, 11) is -14.9. The third kappa shape index (κ3) is 18.7. The topological polar surface area (TPSA) is 674 Å². The molecule has 48 heteroatoms. The van der Waals surface area contributed by atoms with Crippen LogP contribution in [0.15, 0.2) is 238 Å². The van der Waals surface area contributed by atoms with Crippen molar-refractivity contribution in [2.45, 2.75) is 29.4 Å². The zero-order valence-corrected chi connectivity index (χ0v) is 57.0. The molecule has 0 aliphatic rings. The predicted octanol–water partition coefficient (Wildman–Crippen LogP) is 15.4. The smallest absolute Gasteiger partial charge is 0.339 e. The molecular formula is C58H44N16O26S6. The average Bonchev–Trinajstić information content (AvgIpc) is 0.738. The number of nitrogens with two attached hydrogens (primary N) is 4. The number of nitrogens with zero attached hydrogens (tertiary/aromatic N) is 12. The molecule has 0 unspecified atom stereocenters. The number of hydrogen-bond acceptors (Lipinski definition) is 38. The van der Waals surface area contributed by atoms with Gasteiger partial charge in [-0.2, -0.15) is 45.7 Å². The van der Waals surface area contributed by atoms with Crippen molar-refractivity contribution in [1.29, 1.82) is 0 Å². The summed E-state index contributed by atoms with van der Waals surface area (Å²) < 4.78 is 113. The minimum Gasteiger partial charge on any atom is -0.594 e. The Balaban J connectivity index is 0.000000246. The number of fused-ring (bicyclic) bond motifs is 2. The Labute approximate surface area is 604 Å². The van der Waals surface area contributed by atoms with E-state index in [1.807, 2.05) is 0 Å². The van der Waals surface area contributed by atoms with E-state index < -0.39 is 102 Å². The number of rotatable bonds is 26. The third-order valence-electron chi connectivity index (χ3n) is 13.8. The molecule has 0 spiro atoms. The van der Waals surface area contributed by atoms with Crippen molar-refractivity contribution < 1.29 is 123 Å². The average molecular weight is 1570 g/mol. The largest absolute Gasteiger partial charge is 0.594 e. The van der Waals surface area contributed by atoms with Gasteiger partial charge < -0.3 is 53.8 Å². The fraction of sp³-hybridized carbons (Fsp3) is 0. The quantitative estimate of drug-likeness (QED) is 0.00455. The molecule has 10 aromatic carbocycles. The van der Waals surface area contributed by atoms with Crippen LogP contribution < -0.4 is 22.9 Å². The van der Waals surface area contributed by atoms with E-state index in [0.717, 1.165) is 12.1 Å². The first-order valence-electron chi connectivity index (χ1n) is 28.1. The van der Waals surface area contributed by atoms with Gasteiger partial charge in [-0.05, 0) is 120 Å². The lowest BCUT2D eigenvalue weighted by atomic mass is 10.0. The van der Waals surface area contributed by atoms with Crippen LogP contribution in [-0.4, -0.2) is 96.8 Å². The summed E-state index contributed by atoms with van der Waals surface area (Å²) in [5.41, 5.74) is 20.8. The van der Waals surface area contributed by atoms with Crippen LogP contribution in [0, 0.1) is 10.4 Å². The maximum Gasteiger partial charge on any atom is 0.339 e. The molecule has 0 saturated carbocycles. The van der Waals surface area contributed by atoms with Gasteiger partial charge >= 0.3 is 11.9 Å². The number of nitrogen functional groups attached to an aromatic ring is 4. The maximum atomic E-state index is 12.9. The highest BCUT2D eigenvalue weighted by Gasteiger charge is 2.29. The van der Waals surface area contributed by atoms with Crippen molar-refractivity contribution in [3.8, 4) is 11.5 Å². The van der Waals surface area contributed by atoms with Crippen molar-refractivity contribution >= 4 is 191 Å². The fourth-order valence-electron chi connectivity index (χ4n) is 9.05. The van der Waals surface area contributed by atoms with E-state index in [2.05, 4.69) is 79.3 Å². The van der Waals surface area contributed by atoms with Gasteiger partial charge in [0.25, 0.3) is 30.4 Å². The van der Waals surface area contributed by atoms with Crippen molar-refractivity contribution in [2.75, 3.05) is 22.9 Å². The first-order valence-corrected chi connectivity index (χ1v) is 34.7. The highest BCUT2D eigenvalue weighted by atomic mass is 32.2. The van der Waals surface area contributed by atoms with Crippen molar-refractivity contribution in [1.82, 2.24) is 0 Å². The molecule has 0 aliphatic carbocycles. The molecule has 42 nitrogen and oxygen atoms in total. The van der Waals surface area contributed by atoms with Crippen molar-refractivity contribution in [3.63, 3.8) is 0 Å². The van der Waals surface area contributed by atoms with E-state index in [-0.39, 0.29) is 94.2 Å². The lowest BCUT2D eigenvalue weighted by Crippen LogP contribution is -2.10. The number of aromatic hydroxyl groups is 2.